The Labute approximate surface area is 814 Å². The fraction of sp³-hybridized carbons (Fsp3) is 0.239. The molecule has 0 atom stereocenters. The van der Waals surface area contributed by atoms with Crippen LogP contribution in [0.3, 0.4) is 0 Å². The lowest BCUT2D eigenvalue weighted by atomic mass is 9.97. The number of unbranched alkanes of at least 4 members (excludes halogenated alkanes) is 4. The average molecular weight is 1960 g/mol. The Hall–Kier alpha value is -15.4. The van der Waals surface area contributed by atoms with Crippen molar-refractivity contribution in [1.29, 1.82) is 0 Å². The zero-order chi connectivity index (χ0) is 101. The first-order valence-electron chi connectivity index (χ1n) is 46.2. The van der Waals surface area contributed by atoms with Gasteiger partial charge in [0.15, 0.2) is 5.82 Å². The van der Waals surface area contributed by atoms with Crippen LogP contribution in [0.15, 0.2) is 256 Å². The molecule has 6 aromatic heterocycles. The molecule has 1 aliphatic rings. The van der Waals surface area contributed by atoms with Crippen LogP contribution in [0, 0.1) is 51.0 Å². The molecule has 0 unspecified atom stereocenters. The van der Waals surface area contributed by atoms with Crippen LogP contribution < -0.4 is 61.3 Å². The van der Waals surface area contributed by atoms with Crippen molar-refractivity contribution in [2.75, 3.05) is 37.1 Å². The molecule has 0 saturated heterocycles. The zero-order valence-electron chi connectivity index (χ0n) is 79.0. The molecule has 24 nitrogen and oxygen atoms in total. The van der Waals surface area contributed by atoms with E-state index in [2.05, 4.69) is 64.3 Å². The minimum absolute atomic E-state index is 0.0104. The number of hydrogen-bond acceptors (Lipinski definition) is 17. The maximum atomic E-state index is 15.1. The summed E-state index contributed by atoms with van der Waals surface area (Å²) in [5, 5.41) is 11.4. The highest BCUT2D eigenvalue weighted by molar-refractivity contribution is 7.91. The fourth-order valence-corrected chi connectivity index (χ4v) is 17.0. The predicted molar refractivity (Wildman–Crippen MR) is 540 cm³/mol. The number of ether oxygens (including phenoxy) is 5. The van der Waals surface area contributed by atoms with Crippen LogP contribution in [0.25, 0.3) is 100 Å². The molecule has 141 heavy (non-hydrogen) atoms. The molecular weight excluding hydrogens is 1850 g/mol. The van der Waals surface area contributed by atoms with E-state index in [0.717, 1.165) is 89.8 Å². The maximum absolute atomic E-state index is 15.1. The SMILES string of the molecule is CCCCOc1ccc(-c2cc(-c3ccc(C)cc3)c(C(=O)NS(=O)(=O)C3CC3)c(=O)[nH]2)c(F)c1.CCCCOc1ccc(-c2cc(-c3ccc(C)cc3)c(C(=O)Nc3ccc(C)cc3)c(=O)[nH]2)c(F)c1.CCCCOc1ccc(-c2cc(-c3ccc(CC)s3)c(C(=O)Nc3ccc(C)cc3)c(=O)[nH]2)c(F)c1.CCCCOc1ccc(-c2cc(-c3ccc(OC(F)F)cc3)c(-c3ncn[nH]3)c(=O)[nH]2)c(F)c1. The standard InChI is InChI=1S/C30H29FN2O3.C29H29FN2O3S.C26H27FN2O5S.C24H21F3N4O3/c1-4-5-16-36-23-14-15-24(26(31)17-23)27-18-25(21-10-6-19(2)7-11-21)28(30(35)33-27)29(34)32-22-12-8-20(3)9-13-22;1-4-6-15-35-20-11-13-22(24(30)16-20)25-17-23(26-14-12-21(5-2)36-26)27(29(34)32-25)28(33)31-19-9-7-18(3)8-10-19;1-3-4-13-34-18-9-12-20(22(27)14-18)23-15-21(17-7-5-16(2)6-8-17)24(25(30)28-23)26(31)29-35(32,33)19-10-11-19;1-2-3-10-33-16-8-9-17(19(25)11-16)20-12-18(14-4-6-15(7-5-14)34-24(26)27)21(23(32)30-20)22-28-13-29-31-22/h6-15,17-18H,4-5,16H2,1-3H3,(H,32,34)(H,33,35);7-14,16-17H,4-6,15H2,1-3H3,(H,31,33)(H,32,34);5-9,12,14-15,19H,3-4,10-11,13H2,1-2H3,(H,28,30)(H,29,31);4-9,11-13,24H,2-3,10H2,1H3,(H,30,32)(H,28,29,31). The number of H-pyrrole nitrogens is 5. The number of anilines is 2. The van der Waals surface area contributed by atoms with Crippen molar-refractivity contribution >= 4 is 50.5 Å². The Morgan fingerprint density at radius 3 is 1.08 bits per heavy atom. The first-order valence-corrected chi connectivity index (χ1v) is 48.5. The van der Waals surface area contributed by atoms with E-state index in [1.54, 1.807) is 91.0 Å². The van der Waals surface area contributed by atoms with Crippen molar-refractivity contribution in [1.82, 2.24) is 39.8 Å². The third kappa shape index (κ3) is 27.1. The van der Waals surface area contributed by atoms with E-state index in [0.29, 0.717) is 113 Å². The van der Waals surface area contributed by atoms with Gasteiger partial charge >= 0.3 is 6.61 Å². The van der Waals surface area contributed by atoms with Crippen molar-refractivity contribution in [2.24, 2.45) is 0 Å². The summed E-state index contributed by atoms with van der Waals surface area (Å²) in [6.07, 6.45) is 10.4. The van der Waals surface area contributed by atoms with Gasteiger partial charge in [0, 0.05) is 89.9 Å². The quantitative estimate of drug-likeness (QED) is 0.0135. The summed E-state index contributed by atoms with van der Waals surface area (Å²) >= 11 is 1.51. The summed E-state index contributed by atoms with van der Waals surface area (Å²) in [5.41, 5.74) is 7.44. The van der Waals surface area contributed by atoms with E-state index in [4.69, 9.17) is 18.9 Å². The van der Waals surface area contributed by atoms with Gasteiger partial charge in [-0.05, 0) is 211 Å². The van der Waals surface area contributed by atoms with Crippen LogP contribution in [0.2, 0.25) is 0 Å². The lowest BCUT2D eigenvalue weighted by molar-refractivity contribution is -0.0498. The van der Waals surface area contributed by atoms with Crippen LogP contribution >= 0.6 is 11.3 Å². The third-order valence-corrected chi connectivity index (χ3v) is 25.7. The summed E-state index contributed by atoms with van der Waals surface area (Å²) < 4.78 is 138. The molecule has 1 saturated carbocycles. The molecule has 0 radical (unpaired) electrons. The highest BCUT2D eigenvalue weighted by atomic mass is 32.2. The molecule has 0 bridgehead atoms. The minimum atomic E-state index is -3.87. The van der Waals surface area contributed by atoms with Crippen molar-refractivity contribution in [2.45, 2.75) is 145 Å². The molecule has 0 spiro atoms. The molecule has 1 aliphatic carbocycles. The fourth-order valence-electron chi connectivity index (χ4n) is 14.8. The van der Waals surface area contributed by atoms with Crippen molar-refractivity contribution in [3.05, 3.63) is 345 Å². The Morgan fingerprint density at radius 2 is 0.738 bits per heavy atom. The Kier molecular flexibility index (Phi) is 35.2. The number of carbonyl (C=O) groups is 3. The monoisotopic (exact) mass is 1960 g/mol. The smallest absolute Gasteiger partial charge is 0.387 e. The lowest BCUT2D eigenvalue weighted by Crippen LogP contribution is -2.37. The van der Waals surface area contributed by atoms with Gasteiger partial charge in [-0.25, -0.2) is 35.7 Å². The minimum Gasteiger partial charge on any atom is -0.493 e. The van der Waals surface area contributed by atoms with Crippen molar-refractivity contribution in [3.8, 4) is 129 Å². The van der Waals surface area contributed by atoms with Gasteiger partial charge in [-0.15, -0.1) is 11.3 Å². The number of aromatic amines is 5. The van der Waals surface area contributed by atoms with Crippen LogP contribution in [0.4, 0.5) is 37.7 Å². The molecule has 9 aromatic carbocycles. The number of sulfonamides is 1. The topological polar surface area (TPSA) is 341 Å². The summed E-state index contributed by atoms with van der Waals surface area (Å²) in [4.78, 5) is 109. The first kappa shape index (κ1) is 103. The second-order valence-corrected chi connectivity index (χ2v) is 36.6. The number of benzene rings is 9. The summed E-state index contributed by atoms with van der Waals surface area (Å²) in [6, 6.07) is 63.2. The molecule has 3 amide bonds. The highest BCUT2D eigenvalue weighted by Crippen LogP contribution is 2.40. The number of alkyl halides is 2. The van der Waals surface area contributed by atoms with E-state index < -0.39 is 85.1 Å². The summed E-state index contributed by atoms with van der Waals surface area (Å²) in [5.74, 6) is -2.46. The number of rotatable bonds is 35. The van der Waals surface area contributed by atoms with E-state index in [1.165, 1.54) is 84.4 Å². The van der Waals surface area contributed by atoms with Gasteiger partial charge in [-0.2, -0.15) is 13.9 Å². The molecule has 1 fully saturated rings. The largest absolute Gasteiger partial charge is 0.493 e. The Morgan fingerprint density at radius 1 is 0.404 bits per heavy atom. The molecule has 16 rings (SSSR count). The molecule has 15 aromatic rings. The average Bonchev–Trinajstić information content (AvgIpc) is 1.77. The Balaban J connectivity index is 0.000000158. The van der Waals surface area contributed by atoms with Gasteiger partial charge in [0.1, 0.15) is 75.0 Å². The number of aryl methyl sites for hydroxylation is 5. The number of nitrogens with one attached hydrogen (secondary N) is 8. The molecule has 8 N–H and O–H groups in total. The van der Waals surface area contributed by atoms with E-state index in [9.17, 15) is 59.5 Å². The van der Waals surface area contributed by atoms with Gasteiger partial charge in [0.2, 0.25) is 10.0 Å². The molecule has 0 aliphatic heterocycles. The van der Waals surface area contributed by atoms with Crippen LogP contribution in [0.1, 0.15) is 157 Å². The molecule has 730 valence electrons. The van der Waals surface area contributed by atoms with Gasteiger partial charge in [0.25, 0.3) is 40.0 Å². The number of halogens is 6. The highest BCUT2D eigenvalue weighted by Gasteiger charge is 2.38. The molecule has 6 heterocycles. The number of nitrogens with zero attached hydrogens (tertiary/aromatic N) is 2. The summed E-state index contributed by atoms with van der Waals surface area (Å²) in [6.45, 7) is 17.0. The maximum Gasteiger partial charge on any atom is 0.387 e. The normalized spacial score (nSPS) is 11.5. The van der Waals surface area contributed by atoms with Crippen molar-refractivity contribution < 1.29 is 72.8 Å². The van der Waals surface area contributed by atoms with Gasteiger partial charge in [-0.3, -0.25) is 38.7 Å². The van der Waals surface area contributed by atoms with Crippen LogP contribution in [-0.2, 0) is 16.4 Å². The number of pyridine rings is 4. The zero-order valence-corrected chi connectivity index (χ0v) is 80.6. The van der Waals surface area contributed by atoms with Gasteiger partial charge in [-0.1, -0.05) is 167 Å². The van der Waals surface area contributed by atoms with E-state index in [-0.39, 0.29) is 78.7 Å². The molecular formula is C109H106F6N10O14S2. The lowest BCUT2D eigenvalue weighted by Gasteiger charge is -2.14. The Bertz CT molecular complexity index is 7300. The first-order chi connectivity index (χ1) is 67.9. The number of hydrogen-bond donors (Lipinski definition) is 8. The number of aromatic nitrogens is 7. The predicted octanol–water partition coefficient (Wildman–Crippen LogP) is 24.1. The summed E-state index contributed by atoms with van der Waals surface area (Å²) in [7, 11) is -3.87. The van der Waals surface area contributed by atoms with E-state index >= 15 is 8.78 Å². The van der Waals surface area contributed by atoms with Crippen LogP contribution in [-0.4, -0.2) is 99.5 Å². The van der Waals surface area contributed by atoms with Gasteiger partial charge in [0.05, 0.1) is 60.0 Å². The van der Waals surface area contributed by atoms with E-state index in [1.807, 2.05) is 126 Å². The van der Waals surface area contributed by atoms with Crippen LogP contribution in [0.5, 0.6) is 28.7 Å². The second kappa shape index (κ2) is 48.2. The van der Waals surface area contributed by atoms with Gasteiger partial charge < -0.3 is 54.3 Å². The third-order valence-electron chi connectivity index (χ3n) is 22.7. The number of thiophene rings is 1. The second-order valence-electron chi connectivity index (χ2n) is 33.5. The number of amides is 3. The molecule has 32 heteroatoms. The number of carbonyl (C=O) groups excluding carboxylic acids is 3. The van der Waals surface area contributed by atoms with Crippen molar-refractivity contribution in [3.63, 3.8) is 0 Å².